The Kier molecular flexibility index (Phi) is 5.64. The molecule has 9 nitrogen and oxygen atoms in total. The van der Waals surface area contributed by atoms with Crippen molar-refractivity contribution in [2.75, 3.05) is 6.54 Å². The van der Waals surface area contributed by atoms with E-state index in [1.165, 1.54) is 23.0 Å². The summed E-state index contributed by atoms with van der Waals surface area (Å²) in [4.78, 5) is 28.6. The second-order valence-electron chi connectivity index (χ2n) is 6.71. The average Bonchev–Trinajstić information content (AvgIpc) is 3.32. The highest BCUT2D eigenvalue weighted by Gasteiger charge is 2.09. The minimum absolute atomic E-state index is 0.192. The SMILES string of the molecule is O=C(NO)c1ccc2ncn(CCNCc3cccc(-n4cccn4)c3)c(=O)c2c1. The molecule has 0 aliphatic carbocycles. The van der Waals surface area contributed by atoms with Crippen LogP contribution in [0.25, 0.3) is 16.6 Å². The molecule has 0 radical (unpaired) electrons. The number of fused-ring (bicyclic) bond motifs is 1. The molecule has 0 saturated heterocycles. The molecule has 0 spiro atoms. The Morgan fingerprint density at radius 2 is 2.03 bits per heavy atom. The highest BCUT2D eigenvalue weighted by molar-refractivity contribution is 5.97. The third-order valence-corrected chi connectivity index (χ3v) is 4.73. The number of nitrogens with one attached hydrogen (secondary N) is 2. The van der Waals surface area contributed by atoms with Gasteiger partial charge in [0.1, 0.15) is 0 Å². The molecule has 152 valence electrons. The fourth-order valence-electron chi connectivity index (χ4n) is 3.19. The molecule has 0 saturated carbocycles. The fraction of sp³-hybridized carbons (Fsp3) is 0.143. The quantitative estimate of drug-likeness (QED) is 0.244. The number of carbonyl (C=O) groups is 1. The first-order chi connectivity index (χ1) is 14.7. The predicted octanol–water partition coefficient (Wildman–Crippen LogP) is 1.49. The number of rotatable bonds is 7. The lowest BCUT2D eigenvalue weighted by Crippen LogP contribution is -2.27. The summed E-state index contributed by atoms with van der Waals surface area (Å²) >= 11 is 0. The van der Waals surface area contributed by atoms with Crippen LogP contribution < -0.4 is 16.4 Å². The van der Waals surface area contributed by atoms with Gasteiger partial charge in [-0.05, 0) is 42.0 Å². The maximum atomic E-state index is 12.7. The van der Waals surface area contributed by atoms with E-state index in [2.05, 4.69) is 21.5 Å². The van der Waals surface area contributed by atoms with Gasteiger partial charge >= 0.3 is 0 Å². The van der Waals surface area contributed by atoms with Gasteiger partial charge in [-0.2, -0.15) is 5.10 Å². The second-order valence-corrected chi connectivity index (χ2v) is 6.71. The van der Waals surface area contributed by atoms with Crippen molar-refractivity contribution in [1.82, 2.24) is 30.1 Å². The topological polar surface area (TPSA) is 114 Å². The molecule has 1 amide bonds. The van der Waals surface area contributed by atoms with E-state index in [1.54, 1.807) is 22.4 Å². The van der Waals surface area contributed by atoms with Gasteiger partial charge in [0.25, 0.3) is 11.5 Å². The number of amides is 1. The third-order valence-electron chi connectivity index (χ3n) is 4.73. The molecule has 3 N–H and O–H groups in total. The molecule has 2 aromatic heterocycles. The molecule has 0 bridgehead atoms. The first-order valence-corrected chi connectivity index (χ1v) is 9.39. The van der Waals surface area contributed by atoms with Crippen LogP contribution in [0.4, 0.5) is 0 Å². The lowest BCUT2D eigenvalue weighted by molar-refractivity contribution is 0.0706. The van der Waals surface area contributed by atoms with Crippen molar-refractivity contribution >= 4 is 16.8 Å². The van der Waals surface area contributed by atoms with Gasteiger partial charge in [-0.25, -0.2) is 15.1 Å². The van der Waals surface area contributed by atoms with Crippen molar-refractivity contribution in [3.05, 3.63) is 88.7 Å². The standard InChI is InChI=1S/C21H20N6O3/c28-20(25-30)16-5-6-19-18(12-16)21(29)26(14-23-19)10-8-22-13-15-3-1-4-17(11-15)27-9-2-7-24-27/h1-7,9,11-12,14,22,30H,8,10,13H2,(H,25,28). The van der Waals surface area contributed by atoms with Gasteiger partial charge in [0.15, 0.2) is 0 Å². The molecule has 2 heterocycles. The van der Waals surface area contributed by atoms with Gasteiger partial charge in [-0.15, -0.1) is 0 Å². The summed E-state index contributed by atoms with van der Waals surface area (Å²) in [6, 6.07) is 14.4. The monoisotopic (exact) mass is 404 g/mol. The van der Waals surface area contributed by atoms with Crippen LogP contribution in [0.5, 0.6) is 0 Å². The lowest BCUT2D eigenvalue weighted by atomic mass is 10.1. The van der Waals surface area contributed by atoms with Crippen molar-refractivity contribution in [1.29, 1.82) is 0 Å². The number of hydroxylamine groups is 1. The number of hydrogen-bond donors (Lipinski definition) is 3. The van der Waals surface area contributed by atoms with E-state index in [-0.39, 0.29) is 11.1 Å². The molecule has 2 aromatic carbocycles. The number of nitrogens with zero attached hydrogens (tertiary/aromatic N) is 4. The van der Waals surface area contributed by atoms with Crippen molar-refractivity contribution in [3.8, 4) is 5.69 Å². The Labute approximate surface area is 171 Å². The van der Waals surface area contributed by atoms with Crippen LogP contribution in [0.15, 0.2) is 72.0 Å². The van der Waals surface area contributed by atoms with Crippen LogP contribution in [-0.4, -0.2) is 37.0 Å². The van der Waals surface area contributed by atoms with Crippen molar-refractivity contribution < 1.29 is 10.0 Å². The number of carbonyl (C=O) groups excluding carboxylic acids is 1. The molecular formula is C21H20N6O3. The van der Waals surface area contributed by atoms with E-state index in [1.807, 2.05) is 30.5 Å². The smallest absolute Gasteiger partial charge is 0.274 e. The zero-order valence-corrected chi connectivity index (χ0v) is 16.0. The zero-order valence-electron chi connectivity index (χ0n) is 16.0. The van der Waals surface area contributed by atoms with E-state index < -0.39 is 5.91 Å². The fourth-order valence-corrected chi connectivity index (χ4v) is 3.19. The molecule has 4 aromatic rings. The summed E-state index contributed by atoms with van der Waals surface area (Å²) in [5, 5.41) is 16.7. The Morgan fingerprint density at radius 3 is 2.83 bits per heavy atom. The lowest BCUT2D eigenvalue weighted by Gasteiger charge is -2.10. The Hall–Kier alpha value is -3.82. The number of benzene rings is 2. The van der Waals surface area contributed by atoms with Gasteiger partial charge in [0.2, 0.25) is 0 Å². The second kappa shape index (κ2) is 8.68. The summed E-state index contributed by atoms with van der Waals surface area (Å²) in [5.41, 5.74) is 4.10. The van der Waals surface area contributed by atoms with Crippen LogP contribution in [0, 0.1) is 0 Å². The van der Waals surface area contributed by atoms with Crippen molar-refractivity contribution in [2.45, 2.75) is 13.1 Å². The van der Waals surface area contributed by atoms with E-state index in [0.717, 1.165) is 11.3 Å². The van der Waals surface area contributed by atoms with Crippen LogP contribution in [0.3, 0.4) is 0 Å². The summed E-state index contributed by atoms with van der Waals surface area (Å²) < 4.78 is 3.30. The maximum absolute atomic E-state index is 12.7. The highest BCUT2D eigenvalue weighted by atomic mass is 16.5. The summed E-state index contributed by atoms with van der Waals surface area (Å²) in [5.74, 6) is -0.675. The molecule has 0 aliphatic rings. The molecule has 4 rings (SSSR count). The van der Waals surface area contributed by atoms with Gasteiger partial charge in [-0.3, -0.25) is 19.4 Å². The predicted molar refractivity (Wildman–Crippen MR) is 111 cm³/mol. The average molecular weight is 404 g/mol. The van der Waals surface area contributed by atoms with Crippen molar-refractivity contribution in [2.24, 2.45) is 0 Å². The van der Waals surface area contributed by atoms with Gasteiger partial charge < -0.3 is 5.32 Å². The van der Waals surface area contributed by atoms with Crippen molar-refractivity contribution in [3.63, 3.8) is 0 Å². The highest BCUT2D eigenvalue weighted by Crippen LogP contribution is 2.11. The van der Waals surface area contributed by atoms with E-state index in [0.29, 0.717) is 30.5 Å². The Balaban J connectivity index is 1.42. The molecule has 30 heavy (non-hydrogen) atoms. The molecular weight excluding hydrogens is 384 g/mol. The van der Waals surface area contributed by atoms with Gasteiger partial charge in [-0.1, -0.05) is 12.1 Å². The van der Waals surface area contributed by atoms with E-state index in [4.69, 9.17) is 5.21 Å². The third kappa shape index (κ3) is 4.12. The van der Waals surface area contributed by atoms with Crippen LogP contribution >= 0.6 is 0 Å². The molecule has 0 unspecified atom stereocenters. The largest absolute Gasteiger partial charge is 0.311 e. The normalized spacial score (nSPS) is 11.0. The zero-order chi connectivity index (χ0) is 20.9. The van der Waals surface area contributed by atoms with Gasteiger partial charge in [0, 0.05) is 37.6 Å². The molecule has 9 heteroatoms. The molecule has 0 aliphatic heterocycles. The Morgan fingerprint density at radius 1 is 1.13 bits per heavy atom. The van der Waals surface area contributed by atoms with Crippen LogP contribution in [-0.2, 0) is 13.1 Å². The molecule has 0 atom stereocenters. The molecule has 0 fully saturated rings. The van der Waals surface area contributed by atoms with Gasteiger partial charge in [0.05, 0.1) is 22.9 Å². The first kappa shape index (κ1) is 19.5. The summed E-state index contributed by atoms with van der Waals surface area (Å²) in [7, 11) is 0. The summed E-state index contributed by atoms with van der Waals surface area (Å²) in [6.07, 6.45) is 5.12. The summed E-state index contributed by atoms with van der Waals surface area (Å²) in [6.45, 7) is 1.64. The minimum Gasteiger partial charge on any atom is -0.311 e. The number of aromatic nitrogens is 4. The number of hydrogen-bond acceptors (Lipinski definition) is 6. The van der Waals surface area contributed by atoms with E-state index in [9.17, 15) is 9.59 Å². The van der Waals surface area contributed by atoms with E-state index >= 15 is 0 Å². The Bertz CT molecular complexity index is 1230. The minimum atomic E-state index is -0.675. The first-order valence-electron chi connectivity index (χ1n) is 9.39. The van der Waals surface area contributed by atoms with Crippen LogP contribution in [0.2, 0.25) is 0 Å². The van der Waals surface area contributed by atoms with Crippen LogP contribution in [0.1, 0.15) is 15.9 Å². The maximum Gasteiger partial charge on any atom is 0.274 e.